The van der Waals surface area contributed by atoms with Gasteiger partial charge < -0.3 is 24.5 Å². The Balaban J connectivity index is 0.000000240. The van der Waals surface area contributed by atoms with E-state index in [1.54, 1.807) is 13.8 Å². The molecule has 2 unspecified atom stereocenters. The zero-order valence-electron chi connectivity index (χ0n) is 33.5. The number of allylic oxidation sites excluding steroid dienone is 2. The molecule has 6 nitrogen and oxygen atoms in total. The summed E-state index contributed by atoms with van der Waals surface area (Å²) in [6, 6.07) is 15.4. The molecule has 2 aromatic carbocycles. The first kappa shape index (κ1) is 44.3. The summed E-state index contributed by atoms with van der Waals surface area (Å²) in [6.07, 6.45) is 28.0. The van der Waals surface area contributed by atoms with Crippen molar-refractivity contribution in [1.82, 2.24) is 0 Å². The fourth-order valence-electron chi connectivity index (χ4n) is 9.28. The molecule has 55 heavy (non-hydrogen) atoms. The van der Waals surface area contributed by atoms with E-state index in [0.29, 0.717) is 35.9 Å². The third kappa shape index (κ3) is 13.9. The average Bonchev–Trinajstić information content (AvgIpc) is 3.17. The summed E-state index contributed by atoms with van der Waals surface area (Å²) in [5.41, 5.74) is 2.85. The maximum atomic E-state index is 11.0. The summed E-state index contributed by atoms with van der Waals surface area (Å²) in [6.45, 7) is 4.87. The van der Waals surface area contributed by atoms with Crippen LogP contribution in [0.3, 0.4) is 0 Å². The van der Waals surface area contributed by atoms with Gasteiger partial charge >= 0.3 is 35.5 Å². The van der Waals surface area contributed by atoms with Gasteiger partial charge in [-0.05, 0) is 111 Å². The molecule has 0 heterocycles. The van der Waals surface area contributed by atoms with Gasteiger partial charge in [0, 0.05) is 24.2 Å². The van der Waals surface area contributed by atoms with E-state index < -0.39 is 11.9 Å². The van der Waals surface area contributed by atoms with Gasteiger partial charge in [-0.1, -0.05) is 98.9 Å². The van der Waals surface area contributed by atoms with Crippen LogP contribution in [-0.2, 0) is 9.59 Å². The van der Waals surface area contributed by atoms with Crippen LogP contribution in [0.4, 0.5) is 0 Å². The van der Waals surface area contributed by atoms with Crippen molar-refractivity contribution < 1.29 is 58.8 Å². The van der Waals surface area contributed by atoms with E-state index >= 15 is 0 Å². The Kier molecular flexibility index (Phi) is 18.0. The third-order valence-corrected chi connectivity index (χ3v) is 12.0. The third-order valence-electron chi connectivity index (χ3n) is 12.0. The maximum absolute atomic E-state index is 11.0. The molecular weight excluding hydrogens is 696 g/mol. The predicted molar refractivity (Wildman–Crippen MR) is 213 cm³/mol. The maximum Gasteiger partial charge on any atom is 1.00 e. The Morgan fingerprint density at radius 2 is 1.09 bits per heavy atom. The van der Waals surface area contributed by atoms with E-state index in [1.165, 1.54) is 89.9 Å². The van der Waals surface area contributed by atoms with Crippen molar-refractivity contribution in [3.05, 3.63) is 84.0 Å². The average molecular weight is 755 g/mol. The van der Waals surface area contributed by atoms with Gasteiger partial charge in [-0.3, -0.25) is 4.79 Å². The van der Waals surface area contributed by atoms with Gasteiger partial charge in [0.05, 0.1) is 31.5 Å². The second kappa shape index (κ2) is 22.4. The Morgan fingerprint density at radius 1 is 0.691 bits per heavy atom. The van der Waals surface area contributed by atoms with Crippen LogP contribution in [0.5, 0.6) is 11.5 Å². The molecule has 1 N–H and O–H groups in total. The topological polar surface area (TPSA) is 95.9 Å². The first-order valence-corrected chi connectivity index (χ1v) is 20.3. The van der Waals surface area contributed by atoms with E-state index in [1.807, 2.05) is 48.5 Å². The Morgan fingerprint density at radius 3 is 1.45 bits per heavy atom. The van der Waals surface area contributed by atoms with Crippen molar-refractivity contribution in [2.75, 3.05) is 13.2 Å². The molecule has 0 amide bonds. The van der Waals surface area contributed by atoms with Crippen LogP contribution in [0.1, 0.15) is 140 Å². The number of carboxylic acids is 2. The summed E-state index contributed by atoms with van der Waals surface area (Å²) in [5, 5.41) is 20.0. The fraction of sp³-hybridized carbons (Fsp3) is 0.542. The first-order valence-electron chi connectivity index (χ1n) is 20.3. The van der Waals surface area contributed by atoms with Crippen molar-refractivity contribution in [3.8, 4) is 35.2 Å². The largest absolute Gasteiger partial charge is 1.00 e. The summed E-state index contributed by atoms with van der Waals surface area (Å²) in [4.78, 5) is 22.0. The van der Waals surface area contributed by atoms with Crippen LogP contribution in [-0.4, -0.2) is 30.3 Å². The van der Waals surface area contributed by atoms with Crippen LogP contribution in [0, 0.1) is 46.3 Å². The fourth-order valence-corrected chi connectivity index (χ4v) is 9.28. The number of carboxylic acid groups (broad SMARTS) is 2. The number of rotatable bonds is 12. The van der Waals surface area contributed by atoms with Crippen LogP contribution in [0.25, 0.3) is 0 Å². The molecule has 4 aliphatic carbocycles. The molecule has 0 aromatic heterocycles. The second-order valence-electron chi connectivity index (χ2n) is 16.1. The minimum Gasteiger partial charge on any atom is -0.550 e. The van der Waals surface area contributed by atoms with Crippen molar-refractivity contribution in [3.63, 3.8) is 0 Å². The predicted octanol–water partition coefficient (Wildman–Crippen LogP) is 6.80. The van der Waals surface area contributed by atoms with Crippen LogP contribution in [0.2, 0.25) is 0 Å². The van der Waals surface area contributed by atoms with E-state index in [4.69, 9.17) is 14.6 Å². The van der Waals surface area contributed by atoms with Crippen molar-refractivity contribution in [2.24, 2.45) is 22.7 Å². The minimum absolute atomic E-state index is 0. The minimum atomic E-state index is -1.08. The van der Waals surface area contributed by atoms with Crippen LogP contribution in [0.15, 0.2) is 72.8 Å². The van der Waals surface area contributed by atoms with E-state index in [0.717, 1.165) is 22.6 Å². The summed E-state index contributed by atoms with van der Waals surface area (Å²) >= 11 is 0. The number of benzene rings is 2. The molecule has 7 heteroatoms. The van der Waals surface area contributed by atoms with Gasteiger partial charge in [0.2, 0.25) is 0 Å². The molecule has 2 saturated carbocycles. The molecule has 0 aliphatic heterocycles. The number of aliphatic carboxylic acids is 2. The van der Waals surface area contributed by atoms with E-state index in [-0.39, 0.29) is 54.2 Å². The van der Waals surface area contributed by atoms with Crippen LogP contribution < -0.4 is 44.1 Å². The smallest absolute Gasteiger partial charge is 0.550 e. The number of carbonyl (C=O) groups is 2. The van der Waals surface area contributed by atoms with Gasteiger partial charge in [-0.2, -0.15) is 0 Å². The molecule has 2 spiro atoms. The van der Waals surface area contributed by atoms with Crippen molar-refractivity contribution in [2.45, 2.75) is 128 Å². The molecular formula is C48H59NaO6. The Hall–Kier alpha value is -3.42. The standard InChI is InChI=1S/2C24H30O3.Na/c2*1-2-7-21(16-23(25)26)20-9-11-22(12-10-20)27-18-19-8-6-15-24(17-19)13-4-3-5-14-24;/h2*6,8-12,19,21H,3-5,13-18H2,1H3,(H,25,26);/q;;+1/p-1/t2*19?,21-;/m00./s1. The normalized spacial score (nSPS) is 21.5. The monoisotopic (exact) mass is 754 g/mol. The van der Waals surface area contributed by atoms with Gasteiger partial charge in [0.15, 0.2) is 0 Å². The molecule has 288 valence electrons. The molecule has 0 radical (unpaired) electrons. The van der Waals surface area contributed by atoms with Crippen molar-refractivity contribution >= 4 is 11.9 Å². The first-order chi connectivity index (χ1) is 26.2. The van der Waals surface area contributed by atoms with Crippen LogP contribution >= 0.6 is 0 Å². The number of ether oxygens (including phenoxy) is 2. The van der Waals surface area contributed by atoms with E-state index in [9.17, 15) is 14.7 Å². The molecule has 4 aliphatic rings. The Labute approximate surface area is 352 Å². The molecule has 2 aromatic rings. The number of carbonyl (C=O) groups excluding carboxylic acids is 1. The van der Waals surface area contributed by atoms with Gasteiger partial charge in [-0.15, -0.1) is 11.8 Å². The summed E-state index contributed by atoms with van der Waals surface area (Å²) < 4.78 is 12.1. The van der Waals surface area contributed by atoms with Gasteiger partial charge in [0.25, 0.3) is 0 Å². The quantitative estimate of drug-likeness (QED) is 0.146. The zero-order valence-corrected chi connectivity index (χ0v) is 35.5. The molecule has 0 bridgehead atoms. The zero-order chi connectivity index (χ0) is 38.2. The molecule has 4 atom stereocenters. The number of hydrogen-bond acceptors (Lipinski definition) is 5. The molecule has 2 fully saturated rings. The SMILES string of the molecule is CC#C[C@@H](CC(=O)O)c1ccc(OCC2C=CCC3(CCCCC3)C2)cc1.CC#C[C@@H](CC(=O)[O-])c1ccc(OCC2C=CCC3(CCCCC3)C2)cc1.[Na+]. The van der Waals surface area contributed by atoms with Gasteiger partial charge in [0.1, 0.15) is 11.5 Å². The number of hydrogen-bond donors (Lipinski definition) is 1. The Bertz CT molecular complexity index is 1560. The van der Waals surface area contributed by atoms with Crippen molar-refractivity contribution in [1.29, 1.82) is 0 Å². The van der Waals surface area contributed by atoms with E-state index in [2.05, 4.69) is 48.0 Å². The second-order valence-corrected chi connectivity index (χ2v) is 16.1. The molecule has 0 saturated heterocycles. The molecule has 6 rings (SSSR count). The van der Waals surface area contributed by atoms with Gasteiger partial charge in [-0.25, -0.2) is 0 Å². The summed E-state index contributed by atoms with van der Waals surface area (Å²) in [7, 11) is 0. The summed E-state index contributed by atoms with van der Waals surface area (Å²) in [5.74, 6) is 11.7.